The monoisotopic (exact) mass is 392 g/mol. The average molecular weight is 392 g/mol. The second-order valence-corrected chi connectivity index (χ2v) is 7.68. The van der Waals surface area contributed by atoms with Crippen LogP contribution in [0.15, 0.2) is 49.5 Å². The second-order valence-electron chi connectivity index (χ2n) is 7.68. The summed E-state index contributed by atoms with van der Waals surface area (Å²) >= 11 is 0. The van der Waals surface area contributed by atoms with E-state index in [4.69, 9.17) is 4.74 Å². The van der Waals surface area contributed by atoms with E-state index in [1.165, 1.54) is 19.1 Å². The van der Waals surface area contributed by atoms with Crippen molar-refractivity contribution in [2.75, 3.05) is 0 Å². The third-order valence-electron chi connectivity index (χ3n) is 5.82. The van der Waals surface area contributed by atoms with Crippen LogP contribution in [0.5, 0.6) is 0 Å². The fourth-order valence-corrected chi connectivity index (χ4v) is 4.49. The molecule has 1 unspecified atom stereocenters. The molecule has 0 N–H and O–H groups in total. The highest BCUT2D eigenvalue weighted by Crippen LogP contribution is 2.35. The molecule has 0 aliphatic heterocycles. The number of carbonyl (C=O) groups excluding carboxylic acids is 1. The van der Waals surface area contributed by atoms with E-state index in [9.17, 15) is 24.0 Å². The van der Waals surface area contributed by atoms with Gasteiger partial charge >= 0.3 is 5.97 Å². The Kier molecular flexibility index (Phi) is 4.86. The number of carbonyl (C=O) groups is 1. The fourth-order valence-electron chi connectivity index (χ4n) is 4.49. The third kappa shape index (κ3) is 3.18. The molecule has 0 bridgehead atoms. The molecule has 0 amide bonds. The van der Waals surface area contributed by atoms with Crippen LogP contribution in [0.3, 0.4) is 0 Å². The number of hydrogen-bond acceptors (Lipinski definition) is 6. The predicted molar refractivity (Wildman–Crippen MR) is 108 cm³/mol. The summed E-state index contributed by atoms with van der Waals surface area (Å²) in [4.78, 5) is 63.6. The molecule has 4 rings (SSSR count). The first-order valence-electron chi connectivity index (χ1n) is 9.80. The van der Waals surface area contributed by atoms with Gasteiger partial charge in [-0.3, -0.25) is 24.0 Å². The Balaban J connectivity index is 2.09. The van der Waals surface area contributed by atoms with Crippen molar-refractivity contribution in [3.8, 4) is 0 Å². The lowest BCUT2D eigenvalue weighted by Crippen LogP contribution is -2.34. The molecule has 6 nitrogen and oxygen atoms in total. The van der Waals surface area contributed by atoms with Crippen LogP contribution >= 0.6 is 0 Å². The molecule has 0 radical (unpaired) electrons. The summed E-state index contributed by atoms with van der Waals surface area (Å²) < 4.78 is 5.46. The van der Waals surface area contributed by atoms with Crippen molar-refractivity contribution in [1.82, 2.24) is 0 Å². The Morgan fingerprint density at radius 2 is 1.48 bits per heavy atom. The maximum atomic E-state index is 13.3. The summed E-state index contributed by atoms with van der Waals surface area (Å²) in [7, 11) is 0. The van der Waals surface area contributed by atoms with Crippen molar-refractivity contribution in [3.05, 3.63) is 87.2 Å². The Hall–Kier alpha value is -3.15. The first kappa shape index (κ1) is 19.2. The highest BCUT2D eigenvalue weighted by molar-refractivity contribution is 5.82. The van der Waals surface area contributed by atoms with Gasteiger partial charge in [-0.05, 0) is 18.9 Å². The third-order valence-corrected chi connectivity index (χ3v) is 5.82. The summed E-state index contributed by atoms with van der Waals surface area (Å²) in [5, 5.41) is -0.546. The van der Waals surface area contributed by atoms with Gasteiger partial charge in [0.05, 0.1) is 10.4 Å². The molecule has 6 heteroatoms. The van der Waals surface area contributed by atoms with Crippen LogP contribution in [0.2, 0.25) is 0 Å². The maximum absolute atomic E-state index is 13.3. The summed E-state index contributed by atoms with van der Waals surface area (Å²) in [6.07, 6.45) is 3.58. The molecule has 0 heterocycles. The van der Waals surface area contributed by atoms with E-state index >= 15 is 0 Å². The molecule has 1 fully saturated rings. The number of rotatable bonds is 3. The normalized spacial score (nSPS) is 16.2. The van der Waals surface area contributed by atoms with E-state index in [1.54, 1.807) is 12.1 Å². The standard InChI is InChI=1S/C23H20O6/c1-12(24)29-23(13-7-3-2-4-8-13)16-11-17(25)18-19(22(16)28)21(27)15-10-6-5-9-14(15)20(18)26/h5-6,9-11,13,23H,2-4,7-8H2,1H3. The molecule has 1 aromatic carbocycles. The molecule has 29 heavy (non-hydrogen) atoms. The summed E-state index contributed by atoms with van der Waals surface area (Å²) in [6, 6.07) is 7.24. The molecule has 1 aromatic rings. The first-order valence-corrected chi connectivity index (χ1v) is 9.80. The van der Waals surface area contributed by atoms with Crippen molar-refractivity contribution in [1.29, 1.82) is 0 Å². The predicted octanol–water partition coefficient (Wildman–Crippen LogP) is 2.07. The molecular formula is C23H20O6. The van der Waals surface area contributed by atoms with Gasteiger partial charge < -0.3 is 4.74 Å². The summed E-state index contributed by atoms with van der Waals surface area (Å²) in [5.41, 5.74) is -2.63. The van der Waals surface area contributed by atoms with Crippen LogP contribution in [-0.2, 0) is 9.53 Å². The average Bonchev–Trinajstić information content (AvgIpc) is 2.72. The minimum Gasteiger partial charge on any atom is -0.457 e. The van der Waals surface area contributed by atoms with E-state index in [-0.39, 0.29) is 27.5 Å². The minimum atomic E-state index is -0.890. The molecule has 0 saturated heterocycles. The summed E-state index contributed by atoms with van der Waals surface area (Å²) in [6.45, 7) is 1.25. The molecule has 148 valence electrons. The number of benzene rings is 1. The Labute approximate surface area is 165 Å². The Bertz CT molecular complexity index is 1370. The second kappa shape index (κ2) is 7.35. The number of hydrogen-bond donors (Lipinski definition) is 0. The number of ether oxygens (including phenoxy) is 1. The molecule has 1 saturated carbocycles. The van der Waals surface area contributed by atoms with Gasteiger partial charge in [0.15, 0.2) is 21.7 Å². The van der Waals surface area contributed by atoms with Crippen LogP contribution in [0.1, 0.15) is 50.7 Å². The first-order chi connectivity index (χ1) is 13.9. The topological polar surface area (TPSA) is 94.6 Å². The maximum Gasteiger partial charge on any atom is 0.303 e. The lowest BCUT2D eigenvalue weighted by Gasteiger charge is -2.29. The lowest BCUT2D eigenvalue weighted by atomic mass is 9.82. The quantitative estimate of drug-likeness (QED) is 0.634. The van der Waals surface area contributed by atoms with E-state index < -0.39 is 39.0 Å². The van der Waals surface area contributed by atoms with Gasteiger partial charge in [-0.15, -0.1) is 0 Å². The Morgan fingerprint density at radius 3 is 2.07 bits per heavy atom. The molecule has 0 spiro atoms. The SMILES string of the molecule is CC(=O)OC(c1cc(=O)c2c(=O)c3ccccc3c(=O)c=2c1=O)C1CCCCC1. The number of esters is 1. The van der Waals surface area contributed by atoms with Crippen LogP contribution in [0.25, 0.3) is 10.8 Å². The number of fused-ring (bicyclic) bond motifs is 1. The van der Waals surface area contributed by atoms with Gasteiger partial charge in [0.1, 0.15) is 6.10 Å². The van der Waals surface area contributed by atoms with E-state index in [0.717, 1.165) is 38.2 Å². The lowest BCUT2D eigenvalue weighted by molar-refractivity contribution is -0.150. The van der Waals surface area contributed by atoms with Gasteiger partial charge in [-0.2, -0.15) is 0 Å². The highest BCUT2D eigenvalue weighted by Gasteiger charge is 2.31. The van der Waals surface area contributed by atoms with E-state index in [1.807, 2.05) is 0 Å². The van der Waals surface area contributed by atoms with Crippen molar-refractivity contribution < 1.29 is 9.53 Å². The van der Waals surface area contributed by atoms with Gasteiger partial charge in [0.25, 0.3) is 0 Å². The zero-order valence-corrected chi connectivity index (χ0v) is 16.0. The zero-order chi connectivity index (χ0) is 20.7. The zero-order valence-electron chi connectivity index (χ0n) is 16.0. The molecular weight excluding hydrogens is 372 g/mol. The van der Waals surface area contributed by atoms with E-state index in [2.05, 4.69) is 0 Å². The molecule has 3 aliphatic rings. The largest absolute Gasteiger partial charge is 0.457 e. The van der Waals surface area contributed by atoms with Crippen molar-refractivity contribution >= 4 is 16.7 Å². The van der Waals surface area contributed by atoms with Crippen LogP contribution < -0.4 is 21.7 Å². The fraction of sp³-hybridized carbons (Fsp3) is 0.348. The van der Waals surface area contributed by atoms with Gasteiger partial charge in [0.2, 0.25) is 0 Å². The van der Waals surface area contributed by atoms with Crippen LogP contribution in [0.4, 0.5) is 0 Å². The molecule has 3 aliphatic carbocycles. The van der Waals surface area contributed by atoms with E-state index in [0.29, 0.717) is 0 Å². The smallest absolute Gasteiger partial charge is 0.303 e. The molecule has 1 atom stereocenters. The van der Waals surface area contributed by atoms with Crippen molar-refractivity contribution in [3.63, 3.8) is 0 Å². The van der Waals surface area contributed by atoms with Crippen LogP contribution in [-0.4, -0.2) is 5.97 Å². The molecule has 0 aromatic heterocycles. The Morgan fingerprint density at radius 1 is 0.897 bits per heavy atom. The summed E-state index contributed by atoms with van der Waals surface area (Å²) in [5.74, 6) is -0.655. The van der Waals surface area contributed by atoms with Gasteiger partial charge in [0, 0.05) is 29.2 Å². The minimum absolute atomic E-state index is 0.00335. The highest BCUT2D eigenvalue weighted by atomic mass is 16.5. The van der Waals surface area contributed by atoms with Crippen LogP contribution in [0, 0.1) is 16.4 Å². The van der Waals surface area contributed by atoms with Gasteiger partial charge in [-0.1, -0.05) is 43.5 Å². The van der Waals surface area contributed by atoms with Crippen molar-refractivity contribution in [2.24, 2.45) is 5.92 Å². The van der Waals surface area contributed by atoms with Gasteiger partial charge in [-0.25, -0.2) is 0 Å². The van der Waals surface area contributed by atoms with Crippen molar-refractivity contribution in [2.45, 2.75) is 45.1 Å².